The van der Waals surface area contributed by atoms with Gasteiger partial charge >= 0.3 is 0 Å². The molecule has 12 heteroatoms. The van der Waals surface area contributed by atoms with E-state index in [9.17, 15) is 13.2 Å². The van der Waals surface area contributed by atoms with Crippen LogP contribution in [0.2, 0.25) is 0 Å². The molecule has 1 fully saturated rings. The molecule has 1 amide bonds. The van der Waals surface area contributed by atoms with Gasteiger partial charge in [-0.05, 0) is 43.5 Å². The van der Waals surface area contributed by atoms with Gasteiger partial charge in [-0.1, -0.05) is 29.8 Å². The molecule has 1 aliphatic carbocycles. The quantitative estimate of drug-likeness (QED) is 0.569. The maximum absolute atomic E-state index is 13.0. The van der Waals surface area contributed by atoms with Crippen molar-refractivity contribution in [3.63, 3.8) is 0 Å². The van der Waals surface area contributed by atoms with E-state index in [4.69, 9.17) is 11.6 Å². The first-order chi connectivity index (χ1) is 17.3. The number of sulfonamides is 1. The van der Waals surface area contributed by atoms with Gasteiger partial charge < -0.3 is 14.7 Å². The van der Waals surface area contributed by atoms with E-state index in [0.29, 0.717) is 32.6 Å². The summed E-state index contributed by atoms with van der Waals surface area (Å²) in [4.78, 5) is 23.4. The van der Waals surface area contributed by atoms with Crippen LogP contribution in [0.4, 0.5) is 10.8 Å². The molecule has 5 rings (SSSR count). The van der Waals surface area contributed by atoms with E-state index >= 15 is 0 Å². The smallest absolute Gasteiger partial charge is 0.263 e. The molecule has 190 valence electrons. The SMILES string of the molecule is CC1CN(c2ccc(S(=O)(=O)Nc3ncns3)cc2)CCN1C(=O)CCN1C=CC2C=C(Cl)C=CC21. The molecule has 3 aliphatic rings. The van der Waals surface area contributed by atoms with Crippen LogP contribution < -0.4 is 9.62 Å². The lowest BCUT2D eigenvalue weighted by atomic mass is 9.97. The Labute approximate surface area is 220 Å². The van der Waals surface area contributed by atoms with Crippen LogP contribution >= 0.6 is 23.1 Å². The van der Waals surface area contributed by atoms with E-state index in [1.807, 2.05) is 17.1 Å². The maximum atomic E-state index is 13.0. The van der Waals surface area contributed by atoms with E-state index in [2.05, 4.69) is 49.2 Å². The molecule has 36 heavy (non-hydrogen) atoms. The van der Waals surface area contributed by atoms with Gasteiger partial charge in [0.15, 0.2) is 0 Å². The molecule has 1 aromatic carbocycles. The Morgan fingerprint density at radius 2 is 2.03 bits per heavy atom. The fourth-order valence-electron chi connectivity index (χ4n) is 4.85. The van der Waals surface area contributed by atoms with Crippen molar-refractivity contribution in [3.05, 3.63) is 66.1 Å². The predicted octanol–water partition coefficient (Wildman–Crippen LogP) is 3.27. The number of carbonyl (C=O) groups is 1. The van der Waals surface area contributed by atoms with Gasteiger partial charge in [-0.2, -0.15) is 4.37 Å². The zero-order valence-corrected chi connectivity index (χ0v) is 22.1. The second-order valence-corrected chi connectivity index (χ2v) is 11.9. The number of hydrogen-bond donors (Lipinski definition) is 1. The van der Waals surface area contributed by atoms with Crippen molar-refractivity contribution in [1.82, 2.24) is 19.2 Å². The summed E-state index contributed by atoms with van der Waals surface area (Å²) in [5.41, 5.74) is 0.924. The summed E-state index contributed by atoms with van der Waals surface area (Å²) in [7, 11) is -3.72. The molecule has 9 nitrogen and oxygen atoms in total. The van der Waals surface area contributed by atoms with Crippen LogP contribution in [0.25, 0.3) is 0 Å². The molecule has 3 atom stereocenters. The molecule has 0 saturated carbocycles. The highest BCUT2D eigenvalue weighted by molar-refractivity contribution is 7.93. The van der Waals surface area contributed by atoms with Crippen LogP contribution in [0.3, 0.4) is 0 Å². The van der Waals surface area contributed by atoms with E-state index in [1.165, 1.54) is 6.33 Å². The number of carbonyl (C=O) groups excluding carboxylic acids is 1. The number of aromatic nitrogens is 2. The third-order valence-electron chi connectivity index (χ3n) is 6.71. The van der Waals surface area contributed by atoms with Gasteiger partial charge in [0.25, 0.3) is 10.0 Å². The van der Waals surface area contributed by atoms with Crippen molar-refractivity contribution in [3.8, 4) is 0 Å². The van der Waals surface area contributed by atoms with Gasteiger partial charge in [0.2, 0.25) is 11.0 Å². The standard InChI is InChI=1S/C24H27ClN6O3S2/c1-17-15-30(20-3-5-21(6-4-20)36(33,34)28-24-26-16-27-35-24)12-13-31(17)23(32)9-11-29-10-8-18-14-19(25)2-7-22(18)29/h2-8,10,14,16-18,22H,9,11-13,15H2,1H3,(H,26,27,28). The van der Waals surface area contributed by atoms with E-state index < -0.39 is 10.0 Å². The zero-order valence-electron chi connectivity index (χ0n) is 19.7. The zero-order chi connectivity index (χ0) is 25.3. The van der Waals surface area contributed by atoms with Crippen molar-refractivity contribution in [2.75, 3.05) is 35.8 Å². The number of allylic oxidation sites excluding steroid dienone is 2. The molecule has 2 aromatic rings. The minimum absolute atomic E-state index is 0.0481. The average molecular weight is 547 g/mol. The number of hydrogen-bond acceptors (Lipinski definition) is 8. The van der Waals surface area contributed by atoms with Gasteiger partial charge in [-0.3, -0.25) is 9.52 Å². The lowest BCUT2D eigenvalue weighted by molar-refractivity contribution is -0.133. The van der Waals surface area contributed by atoms with Gasteiger partial charge in [-0.25, -0.2) is 13.4 Å². The average Bonchev–Trinajstić information content (AvgIpc) is 3.51. The van der Waals surface area contributed by atoms with Crippen molar-refractivity contribution in [2.45, 2.75) is 30.3 Å². The van der Waals surface area contributed by atoms with Crippen molar-refractivity contribution < 1.29 is 13.2 Å². The van der Waals surface area contributed by atoms with Crippen LogP contribution in [0, 0.1) is 5.92 Å². The Morgan fingerprint density at radius 3 is 2.75 bits per heavy atom. The summed E-state index contributed by atoms with van der Waals surface area (Å²) in [6, 6.07) is 7.04. The summed E-state index contributed by atoms with van der Waals surface area (Å²) in [6.07, 6.45) is 12.0. The first-order valence-corrected chi connectivity index (χ1v) is 14.4. The normalized spacial score (nSPS) is 23.6. The fourth-order valence-corrected chi connectivity index (χ4v) is 6.73. The number of anilines is 2. The number of nitrogens with zero attached hydrogens (tertiary/aromatic N) is 5. The molecular formula is C24H27ClN6O3S2. The Bertz CT molecular complexity index is 1290. The van der Waals surface area contributed by atoms with Crippen molar-refractivity contribution in [1.29, 1.82) is 0 Å². The minimum atomic E-state index is -3.72. The number of halogens is 1. The molecule has 1 aromatic heterocycles. The summed E-state index contributed by atoms with van der Waals surface area (Å²) in [5.74, 6) is 0.415. The first kappa shape index (κ1) is 24.8. The number of fused-ring (bicyclic) bond motifs is 1. The highest BCUT2D eigenvalue weighted by Crippen LogP contribution is 2.30. The van der Waals surface area contributed by atoms with Gasteiger partial charge in [0, 0.05) is 66.8 Å². The molecule has 1 N–H and O–H groups in total. The molecule has 0 radical (unpaired) electrons. The summed E-state index contributed by atoms with van der Waals surface area (Å²) >= 11 is 7.09. The second-order valence-electron chi connectivity index (χ2n) is 9.04. The highest BCUT2D eigenvalue weighted by atomic mass is 35.5. The predicted molar refractivity (Wildman–Crippen MR) is 141 cm³/mol. The summed E-state index contributed by atoms with van der Waals surface area (Å²) < 4.78 is 31.3. The third kappa shape index (κ3) is 5.28. The second kappa shape index (κ2) is 10.2. The number of piperazine rings is 1. The summed E-state index contributed by atoms with van der Waals surface area (Å²) in [6.45, 7) is 4.71. The Hall–Kier alpha value is -2.89. The Morgan fingerprint density at radius 1 is 1.22 bits per heavy atom. The van der Waals surface area contributed by atoms with E-state index in [-0.39, 0.29) is 33.9 Å². The lowest BCUT2D eigenvalue weighted by Gasteiger charge is -2.41. The topological polar surface area (TPSA) is 98.7 Å². The van der Waals surface area contributed by atoms with Crippen LogP contribution in [0.15, 0.2) is 71.0 Å². The van der Waals surface area contributed by atoms with Crippen molar-refractivity contribution in [2.24, 2.45) is 5.92 Å². The van der Waals surface area contributed by atoms with Crippen molar-refractivity contribution >= 4 is 49.9 Å². The van der Waals surface area contributed by atoms with Crippen LogP contribution in [0.5, 0.6) is 0 Å². The minimum Gasteiger partial charge on any atom is -0.370 e. The molecule has 3 heterocycles. The Kier molecular flexibility index (Phi) is 7.05. The summed E-state index contributed by atoms with van der Waals surface area (Å²) in [5, 5.41) is 0.984. The lowest BCUT2D eigenvalue weighted by Crippen LogP contribution is -2.54. The highest BCUT2D eigenvalue weighted by Gasteiger charge is 2.31. The Balaban J connectivity index is 1.14. The largest absolute Gasteiger partial charge is 0.370 e. The molecule has 2 aliphatic heterocycles. The molecule has 0 bridgehead atoms. The number of nitrogens with one attached hydrogen (secondary N) is 1. The maximum Gasteiger partial charge on any atom is 0.263 e. The fraction of sp³-hybridized carbons (Fsp3) is 0.375. The van der Waals surface area contributed by atoms with Gasteiger partial charge in [0.05, 0.1) is 10.9 Å². The van der Waals surface area contributed by atoms with Gasteiger partial charge in [-0.15, -0.1) is 0 Å². The first-order valence-electron chi connectivity index (χ1n) is 11.7. The van der Waals surface area contributed by atoms with Crippen LogP contribution in [-0.2, 0) is 14.8 Å². The molecule has 3 unspecified atom stereocenters. The third-order valence-corrected chi connectivity index (χ3v) is 9.02. The number of rotatable bonds is 7. The van der Waals surface area contributed by atoms with E-state index in [1.54, 1.807) is 24.3 Å². The number of amides is 1. The number of benzene rings is 1. The molecule has 0 spiro atoms. The monoisotopic (exact) mass is 546 g/mol. The van der Waals surface area contributed by atoms with Gasteiger partial charge in [0.1, 0.15) is 6.33 Å². The molecule has 1 saturated heterocycles. The molecular weight excluding hydrogens is 520 g/mol. The van der Waals surface area contributed by atoms with Crippen LogP contribution in [-0.4, -0.2) is 71.7 Å². The van der Waals surface area contributed by atoms with Crippen LogP contribution in [0.1, 0.15) is 13.3 Å². The van der Waals surface area contributed by atoms with E-state index in [0.717, 1.165) is 22.3 Å².